The van der Waals surface area contributed by atoms with Crippen LogP contribution in [0.2, 0.25) is 10.0 Å². The smallest absolute Gasteiger partial charge is 0.324 e. The highest BCUT2D eigenvalue weighted by Gasteiger charge is 2.60. The van der Waals surface area contributed by atoms with Gasteiger partial charge in [0.25, 0.3) is 0 Å². The summed E-state index contributed by atoms with van der Waals surface area (Å²) in [5, 5.41) is 14.9. The summed E-state index contributed by atoms with van der Waals surface area (Å²) in [5.41, 5.74) is -1.06. The molecule has 7 heteroatoms. The third kappa shape index (κ3) is 5.28. The third-order valence-corrected chi connectivity index (χ3v) is 8.08. The first-order chi connectivity index (χ1) is 17.1. The topological polar surface area (TPSA) is 62.1 Å². The van der Waals surface area contributed by atoms with Crippen molar-refractivity contribution in [2.75, 3.05) is 0 Å². The lowest BCUT2D eigenvalue weighted by molar-refractivity contribution is -0.157. The molecule has 0 amide bonds. The van der Waals surface area contributed by atoms with Gasteiger partial charge in [0.2, 0.25) is 0 Å². The van der Waals surface area contributed by atoms with Gasteiger partial charge < -0.3 is 4.74 Å². The summed E-state index contributed by atoms with van der Waals surface area (Å²) >= 11 is 12.4. The normalized spacial score (nSPS) is 27.0. The van der Waals surface area contributed by atoms with Crippen LogP contribution >= 0.6 is 23.2 Å². The predicted octanol–water partition coefficient (Wildman–Crippen LogP) is 7.33. The van der Waals surface area contributed by atoms with Crippen molar-refractivity contribution < 1.29 is 13.9 Å². The lowest BCUT2D eigenvalue weighted by atomic mass is 9.63. The van der Waals surface area contributed by atoms with Crippen LogP contribution in [0.15, 0.2) is 42.5 Å². The van der Waals surface area contributed by atoms with Crippen LogP contribution in [0.25, 0.3) is 0 Å². The number of rotatable bonds is 5. The molecule has 1 saturated carbocycles. The Hall–Kier alpha value is -2.13. The van der Waals surface area contributed by atoms with Crippen LogP contribution in [0.3, 0.4) is 0 Å². The van der Waals surface area contributed by atoms with E-state index in [0.29, 0.717) is 22.9 Å². The first-order valence-corrected chi connectivity index (χ1v) is 13.4. The van der Waals surface area contributed by atoms with Crippen LogP contribution in [0, 0.1) is 23.1 Å². The fourth-order valence-corrected chi connectivity index (χ4v) is 6.32. The number of nitrogens with one attached hydrogen (secondary N) is 1. The van der Waals surface area contributed by atoms with Crippen molar-refractivity contribution in [3.05, 3.63) is 69.5 Å². The van der Waals surface area contributed by atoms with Crippen molar-refractivity contribution in [2.45, 2.75) is 88.3 Å². The highest BCUT2D eigenvalue weighted by atomic mass is 35.5. The third-order valence-electron chi connectivity index (χ3n) is 7.53. The van der Waals surface area contributed by atoms with Crippen LogP contribution in [0.5, 0.6) is 0 Å². The molecule has 0 radical (unpaired) electrons. The molecule has 2 aliphatic rings. The number of hydrogen-bond donors (Lipinski definition) is 1. The molecule has 1 heterocycles. The van der Waals surface area contributed by atoms with E-state index in [0.717, 1.165) is 25.7 Å². The SMILES string of the molecule is CC(C)(C)OC(=O)[C@H]1N[C@@H](CC2CCCCC2)[C@](C#N)(c2ccc(Cl)cc2)[C@H]1c1cccc(Cl)c1F. The van der Waals surface area contributed by atoms with Gasteiger partial charge in [0.05, 0.1) is 11.1 Å². The van der Waals surface area contributed by atoms with E-state index in [2.05, 4.69) is 11.4 Å². The van der Waals surface area contributed by atoms with Gasteiger partial charge in [0.1, 0.15) is 22.9 Å². The van der Waals surface area contributed by atoms with Crippen LogP contribution < -0.4 is 5.32 Å². The number of halogens is 3. The van der Waals surface area contributed by atoms with Crippen LogP contribution in [0.1, 0.15) is 76.3 Å². The first kappa shape index (κ1) is 26.9. The molecule has 0 bridgehead atoms. The number of benzene rings is 2. The number of carbonyl (C=O) groups excluding carboxylic acids is 1. The molecule has 2 aromatic carbocycles. The maximum Gasteiger partial charge on any atom is 0.324 e. The summed E-state index contributed by atoms with van der Waals surface area (Å²) in [6, 6.07) is 13.1. The van der Waals surface area contributed by atoms with E-state index in [1.54, 1.807) is 45.0 Å². The second kappa shape index (κ2) is 10.7. The van der Waals surface area contributed by atoms with E-state index in [4.69, 9.17) is 27.9 Å². The van der Waals surface area contributed by atoms with Gasteiger partial charge in [-0.05, 0) is 62.4 Å². The second-order valence-corrected chi connectivity index (χ2v) is 11.9. The van der Waals surface area contributed by atoms with Gasteiger partial charge in [0, 0.05) is 17.0 Å². The molecule has 2 aromatic rings. The molecule has 0 unspecified atom stereocenters. The Morgan fingerprint density at radius 1 is 1.14 bits per heavy atom. The highest BCUT2D eigenvalue weighted by Crippen LogP contribution is 2.52. The summed E-state index contributed by atoms with van der Waals surface area (Å²) in [4.78, 5) is 13.6. The summed E-state index contributed by atoms with van der Waals surface area (Å²) in [7, 11) is 0. The number of carbonyl (C=O) groups is 1. The molecule has 2 fully saturated rings. The predicted molar refractivity (Wildman–Crippen MR) is 141 cm³/mol. The van der Waals surface area contributed by atoms with Crippen molar-refractivity contribution in [1.29, 1.82) is 5.26 Å². The van der Waals surface area contributed by atoms with Gasteiger partial charge in [0.15, 0.2) is 0 Å². The summed E-state index contributed by atoms with van der Waals surface area (Å²) in [5.74, 6) is -1.57. The van der Waals surface area contributed by atoms with Gasteiger partial charge in [-0.1, -0.05) is 79.6 Å². The van der Waals surface area contributed by atoms with E-state index in [1.807, 2.05) is 12.1 Å². The van der Waals surface area contributed by atoms with Crippen molar-refractivity contribution in [2.24, 2.45) is 5.92 Å². The molecule has 4 nitrogen and oxygen atoms in total. The minimum atomic E-state index is -1.24. The first-order valence-electron chi connectivity index (χ1n) is 12.7. The Morgan fingerprint density at radius 2 is 1.81 bits per heavy atom. The fraction of sp³-hybridized carbons (Fsp3) is 0.517. The minimum absolute atomic E-state index is 0.0471. The largest absolute Gasteiger partial charge is 0.459 e. The molecule has 1 N–H and O–H groups in total. The average Bonchev–Trinajstić information content (AvgIpc) is 3.15. The van der Waals surface area contributed by atoms with Crippen molar-refractivity contribution in [3.8, 4) is 6.07 Å². The van der Waals surface area contributed by atoms with Crippen LogP contribution in [0.4, 0.5) is 4.39 Å². The summed E-state index contributed by atoms with van der Waals surface area (Å²) in [6.07, 6.45) is 6.38. The second-order valence-electron chi connectivity index (χ2n) is 11.1. The van der Waals surface area contributed by atoms with Crippen LogP contribution in [-0.4, -0.2) is 23.7 Å². The van der Waals surface area contributed by atoms with Crippen molar-refractivity contribution in [1.82, 2.24) is 5.32 Å². The minimum Gasteiger partial charge on any atom is -0.459 e. The maximum absolute atomic E-state index is 15.6. The van der Waals surface area contributed by atoms with Gasteiger partial charge in [-0.25, -0.2) is 4.39 Å². The molecule has 192 valence electrons. The Bertz CT molecular complexity index is 1140. The molecule has 0 spiro atoms. The zero-order valence-electron chi connectivity index (χ0n) is 21.0. The molecule has 36 heavy (non-hydrogen) atoms. The van der Waals surface area contributed by atoms with Crippen molar-refractivity contribution in [3.63, 3.8) is 0 Å². The Balaban J connectivity index is 1.91. The number of nitrogens with zero attached hydrogens (tertiary/aromatic N) is 1. The number of esters is 1. The number of ether oxygens (including phenoxy) is 1. The van der Waals surface area contributed by atoms with Gasteiger partial charge in [-0.15, -0.1) is 0 Å². The molecule has 4 atom stereocenters. The van der Waals surface area contributed by atoms with Crippen molar-refractivity contribution >= 4 is 29.2 Å². The van der Waals surface area contributed by atoms with Crippen LogP contribution in [-0.2, 0) is 14.9 Å². The monoisotopic (exact) mass is 530 g/mol. The lowest BCUT2D eigenvalue weighted by Crippen LogP contribution is -2.43. The molecule has 1 aliphatic carbocycles. The van der Waals surface area contributed by atoms with E-state index in [1.165, 1.54) is 12.5 Å². The molecule has 4 rings (SSSR count). The number of hydrogen-bond acceptors (Lipinski definition) is 4. The summed E-state index contributed by atoms with van der Waals surface area (Å²) in [6.45, 7) is 5.39. The zero-order chi connectivity index (χ0) is 26.1. The van der Waals surface area contributed by atoms with E-state index in [9.17, 15) is 10.1 Å². The summed E-state index contributed by atoms with van der Waals surface area (Å²) < 4.78 is 21.4. The lowest BCUT2D eigenvalue weighted by Gasteiger charge is -2.37. The quantitative estimate of drug-likeness (QED) is 0.411. The average molecular weight is 531 g/mol. The molecular weight excluding hydrogens is 498 g/mol. The Labute approximate surface area is 223 Å². The van der Waals surface area contributed by atoms with E-state index < -0.39 is 40.8 Å². The van der Waals surface area contributed by atoms with Gasteiger partial charge in [-0.2, -0.15) is 5.26 Å². The zero-order valence-corrected chi connectivity index (χ0v) is 22.5. The molecule has 1 saturated heterocycles. The van der Waals surface area contributed by atoms with E-state index >= 15 is 4.39 Å². The maximum atomic E-state index is 15.6. The van der Waals surface area contributed by atoms with E-state index in [-0.39, 0.29) is 10.6 Å². The molecule has 0 aromatic heterocycles. The Kier molecular flexibility index (Phi) is 8.00. The Morgan fingerprint density at radius 3 is 2.42 bits per heavy atom. The highest BCUT2D eigenvalue weighted by molar-refractivity contribution is 6.31. The molecular formula is C29H33Cl2FN2O2. The molecule has 1 aliphatic heterocycles. The fourth-order valence-electron chi connectivity index (χ4n) is 6.01. The van der Waals surface area contributed by atoms with Gasteiger partial charge >= 0.3 is 5.97 Å². The standard InChI is InChI=1S/C29H33Cl2FN2O2/c1-28(2,3)36-27(35)26-24(21-10-7-11-22(31)25(21)32)29(17-33,19-12-14-20(30)15-13-19)23(34-26)16-18-8-5-4-6-9-18/h7,10-15,18,23-24,26,34H,4-6,8-9,16H2,1-3H3/t23-,24-,26-,29-/m0/s1. The number of nitriles is 1. The van der Waals surface area contributed by atoms with Gasteiger partial charge in [-0.3, -0.25) is 10.1 Å².